The van der Waals surface area contributed by atoms with Crippen molar-refractivity contribution in [2.45, 2.75) is 117 Å². The van der Waals surface area contributed by atoms with E-state index in [9.17, 15) is 14.4 Å². The van der Waals surface area contributed by atoms with Gasteiger partial charge in [-0.25, -0.2) is 0 Å². The summed E-state index contributed by atoms with van der Waals surface area (Å²) in [6.07, 6.45) is 2.53. The van der Waals surface area contributed by atoms with Crippen molar-refractivity contribution in [3.63, 3.8) is 0 Å². The Bertz CT molecular complexity index is 897. The summed E-state index contributed by atoms with van der Waals surface area (Å²) in [5, 5.41) is 0. The van der Waals surface area contributed by atoms with Crippen LogP contribution in [-0.2, 0) is 35.1 Å². The average Bonchev–Trinajstić information content (AvgIpc) is 3.19. The molecule has 0 amide bonds. The molecule has 2 rings (SSSR count). The largest absolute Gasteiger partial charge is 0.459 e. The smallest absolute Gasteiger partial charge is 0.320 e. The molecule has 0 unspecified atom stereocenters. The van der Waals surface area contributed by atoms with Crippen molar-refractivity contribution in [2.75, 3.05) is 19.6 Å². The minimum Gasteiger partial charge on any atom is -0.459 e. The van der Waals surface area contributed by atoms with Gasteiger partial charge in [-0.15, -0.1) is 0 Å². The fourth-order valence-electron chi connectivity index (χ4n) is 4.79. The second-order valence-corrected chi connectivity index (χ2v) is 13.1. The number of hydrogen-bond donors (Lipinski definition) is 0. The second kappa shape index (κ2) is 13.1. The number of nitrogens with zero attached hydrogens (tertiary/aromatic N) is 2. The highest BCUT2D eigenvalue weighted by atomic mass is 16.6. The van der Waals surface area contributed by atoms with Gasteiger partial charge < -0.3 is 14.2 Å². The van der Waals surface area contributed by atoms with Crippen molar-refractivity contribution in [3.05, 3.63) is 35.9 Å². The summed E-state index contributed by atoms with van der Waals surface area (Å²) in [6.45, 7) is 17.1. The molecule has 8 nitrogen and oxygen atoms in total. The minimum absolute atomic E-state index is 0.0384. The number of benzene rings is 1. The normalized spacial score (nSPS) is 18.5. The molecule has 0 N–H and O–H groups in total. The SMILES string of the molecule is CC(C)(C)OC(=O)CN(CC(=O)OC(C)(C)C)[C@@H]1CCC[C@H]1N(CC(=O)OC(C)(C)C)Cc1ccccc1. The van der Waals surface area contributed by atoms with Crippen molar-refractivity contribution < 1.29 is 28.6 Å². The van der Waals surface area contributed by atoms with Crippen molar-refractivity contribution >= 4 is 17.9 Å². The van der Waals surface area contributed by atoms with Crippen molar-refractivity contribution in [1.82, 2.24) is 9.80 Å². The van der Waals surface area contributed by atoms with Crippen LogP contribution in [0.1, 0.15) is 87.1 Å². The first kappa shape index (κ1) is 31.8. The van der Waals surface area contributed by atoms with Crippen LogP contribution in [0.25, 0.3) is 0 Å². The van der Waals surface area contributed by atoms with E-state index in [1.54, 1.807) is 0 Å². The van der Waals surface area contributed by atoms with E-state index in [2.05, 4.69) is 4.90 Å². The van der Waals surface area contributed by atoms with Gasteiger partial charge >= 0.3 is 17.9 Å². The molecule has 1 aliphatic rings. The maximum atomic E-state index is 12.9. The molecule has 0 spiro atoms. The molecule has 0 heterocycles. The van der Waals surface area contributed by atoms with Gasteiger partial charge in [0.15, 0.2) is 0 Å². The zero-order valence-corrected chi connectivity index (χ0v) is 24.8. The summed E-state index contributed by atoms with van der Waals surface area (Å²) < 4.78 is 16.9. The van der Waals surface area contributed by atoms with Crippen molar-refractivity contribution in [3.8, 4) is 0 Å². The monoisotopic (exact) mass is 532 g/mol. The number of carbonyl (C=O) groups is 3. The van der Waals surface area contributed by atoms with E-state index in [-0.39, 0.29) is 37.7 Å². The number of esters is 3. The van der Waals surface area contributed by atoms with Gasteiger partial charge in [-0.1, -0.05) is 36.8 Å². The third kappa shape index (κ3) is 11.9. The zero-order valence-electron chi connectivity index (χ0n) is 24.8. The van der Waals surface area contributed by atoms with Gasteiger partial charge in [0.25, 0.3) is 0 Å². The maximum Gasteiger partial charge on any atom is 0.320 e. The molecule has 1 fully saturated rings. The summed E-state index contributed by atoms with van der Waals surface area (Å²) in [7, 11) is 0. The Labute approximate surface area is 229 Å². The van der Waals surface area contributed by atoms with Crippen LogP contribution in [0.5, 0.6) is 0 Å². The van der Waals surface area contributed by atoms with Gasteiger partial charge in [0.05, 0.1) is 19.6 Å². The highest BCUT2D eigenvalue weighted by Crippen LogP contribution is 2.30. The van der Waals surface area contributed by atoms with Gasteiger partial charge in [0.2, 0.25) is 0 Å². The number of carbonyl (C=O) groups excluding carboxylic acids is 3. The van der Waals surface area contributed by atoms with Gasteiger partial charge in [-0.05, 0) is 80.7 Å². The summed E-state index contributed by atoms with van der Waals surface area (Å²) in [4.78, 5) is 42.7. The van der Waals surface area contributed by atoms with E-state index in [0.717, 1.165) is 24.8 Å². The molecule has 0 aromatic heterocycles. The van der Waals surface area contributed by atoms with Gasteiger partial charge in [0, 0.05) is 18.6 Å². The maximum absolute atomic E-state index is 12.9. The lowest BCUT2D eigenvalue weighted by molar-refractivity contribution is -0.163. The highest BCUT2D eigenvalue weighted by Gasteiger charge is 2.39. The Balaban J connectivity index is 2.34. The number of rotatable bonds is 10. The highest BCUT2D eigenvalue weighted by molar-refractivity contribution is 5.75. The predicted octanol–water partition coefficient (Wildman–Crippen LogP) is 4.74. The molecular formula is C30H48N2O6. The van der Waals surface area contributed by atoms with Gasteiger partial charge in [-0.3, -0.25) is 24.2 Å². The molecule has 8 heteroatoms. The molecular weight excluding hydrogens is 484 g/mol. The third-order valence-electron chi connectivity index (χ3n) is 5.87. The quantitative estimate of drug-likeness (QED) is 0.316. The van der Waals surface area contributed by atoms with Crippen LogP contribution in [0.4, 0.5) is 0 Å². The van der Waals surface area contributed by atoms with E-state index in [1.165, 1.54) is 0 Å². The first-order valence-electron chi connectivity index (χ1n) is 13.6. The Morgan fingerprint density at radius 1 is 0.658 bits per heavy atom. The van der Waals surface area contributed by atoms with Gasteiger partial charge in [0.1, 0.15) is 16.8 Å². The lowest BCUT2D eigenvalue weighted by Crippen LogP contribution is -2.53. The molecule has 2 atom stereocenters. The number of hydrogen-bond acceptors (Lipinski definition) is 8. The molecule has 0 bridgehead atoms. The second-order valence-electron chi connectivity index (χ2n) is 13.1. The average molecular weight is 533 g/mol. The summed E-state index contributed by atoms with van der Waals surface area (Å²) >= 11 is 0. The molecule has 0 aliphatic heterocycles. The van der Waals surface area contributed by atoms with E-state index < -0.39 is 28.7 Å². The zero-order chi connectivity index (χ0) is 28.7. The van der Waals surface area contributed by atoms with Crippen molar-refractivity contribution in [2.24, 2.45) is 0 Å². The first-order valence-corrected chi connectivity index (χ1v) is 13.6. The van der Waals surface area contributed by atoms with Crippen LogP contribution < -0.4 is 0 Å². The lowest BCUT2D eigenvalue weighted by atomic mass is 10.1. The Morgan fingerprint density at radius 2 is 1.03 bits per heavy atom. The van der Waals surface area contributed by atoms with Crippen LogP contribution in [-0.4, -0.2) is 76.2 Å². The summed E-state index contributed by atoms with van der Waals surface area (Å²) in [5.74, 6) is -1.09. The molecule has 0 saturated heterocycles. The number of ether oxygens (including phenoxy) is 3. The standard InChI is InChI=1S/C30H48N2O6/c1-28(2,3)36-25(33)19-31(18-22-14-11-10-12-15-22)23-16-13-17-24(23)32(20-26(34)37-29(4,5)6)21-27(35)38-30(7,8)9/h10-12,14-15,23-24H,13,16-21H2,1-9H3/t23-,24-/m1/s1. The summed E-state index contributed by atoms with van der Waals surface area (Å²) in [5.41, 5.74) is -0.795. The lowest BCUT2D eigenvalue weighted by Gasteiger charge is -2.38. The minimum atomic E-state index is -0.639. The molecule has 1 aromatic carbocycles. The molecule has 1 saturated carbocycles. The third-order valence-corrected chi connectivity index (χ3v) is 5.87. The van der Waals surface area contributed by atoms with Crippen LogP contribution in [0.3, 0.4) is 0 Å². The van der Waals surface area contributed by atoms with Gasteiger partial charge in [-0.2, -0.15) is 0 Å². The fraction of sp³-hybridized carbons (Fsp3) is 0.700. The van der Waals surface area contributed by atoms with Crippen LogP contribution in [0.15, 0.2) is 30.3 Å². The Kier molecular flexibility index (Phi) is 10.9. The van der Waals surface area contributed by atoms with E-state index in [1.807, 2.05) is 97.5 Å². The van der Waals surface area contributed by atoms with Crippen LogP contribution in [0, 0.1) is 0 Å². The molecule has 1 aromatic rings. The Hall–Kier alpha value is -2.45. The summed E-state index contributed by atoms with van der Waals surface area (Å²) in [6, 6.07) is 9.78. The molecule has 0 radical (unpaired) electrons. The molecule has 1 aliphatic carbocycles. The first-order chi connectivity index (χ1) is 17.4. The van der Waals surface area contributed by atoms with Crippen molar-refractivity contribution in [1.29, 1.82) is 0 Å². The topological polar surface area (TPSA) is 85.4 Å². The van der Waals surface area contributed by atoms with E-state index in [0.29, 0.717) is 6.54 Å². The fourth-order valence-corrected chi connectivity index (χ4v) is 4.79. The van der Waals surface area contributed by atoms with E-state index >= 15 is 0 Å². The predicted molar refractivity (Wildman–Crippen MR) is 147 cm³/mol. The van der Waals surface area contributed by atoms with Crippen LogP contribution in [0.2, 0.25) is 0 Å². The Morgan fingerprint density at radius 3 is 1.42 bits per heavy atom. The van der Waals surface area contributed by atoms with E-state index in [4.69, 9.17) is 14.2 Å². The molecule has 214 valence electrons. The van der Waals surface area contributed by atoms with Crippen LogP contribution >= 0.6 is 0 Å². The molecule has 38 heavy (non-hydrogen) atoms.